The van der Waals surface area contributed by atoms with Gasteiger partial charge in [0.1, 0.15) is 24.7 Å². The molecule has 1 aliphatic heterocycles. The van der Waals surface area contributed by atoms with Crippen molar-refractivity contribution in [1.29, 1.82) is 0 Å². The Morgan fingerprint density at radius 2 is 1.66 bits per heavy atom. The first-order valence-corrected chi connectivity index (χ1v) is 11.6. The number of Topliss-reactive ketones (excluding diaryl/α,β-unsaturated/α-hetero) is 1. The van der Waals surface area contributed by atoms with Crippen LogP contribution in [0, 0.1) is 0 Å². The Balaban J connectivity index is 1.99. The average Bonchev–Trinajstić information content (AvgIpc) is 2.98. The highest BCUT2D eigenvalue weighted by Crippen LogP contribution is 2.33. The normalized spacial score (nSPS) is 15.5. The smallest absolute Gasteiger partial charge is 0.305 e. The first-order valence-electron chi connectivity index (χ1n) is 11.6. The number of anilines is 2. The van der Waals surface area contributed by atoms with Crippen LogP contribution in [0.2, 0.25) is 0 Å². The number of nitrogens with one attached hydrogen (secondary N) is 2. The topological polar surface area (TPSA) is 170 Å². The molecular formula is C26H26N4O8. The van der Waals surface area contributed by atoms with E-state index in [0.29, 0.717) is 0 Å². The number of hydrogen-bond donors (Lipinski definition) is 3. The van der Waals surface area contributed by atoms with Crippen LogP contribution in [-0.2, 0) is 28.8 Å². The molecule has 38 heavy (non-hydrogen) atoms. The lowest BCUT2D eigenvalue weighted by Crippen LogP contribution is -2.54. The van der Waals surface area contributed by atoms with Crippen molar-refractivity contribution in [1.82, 2.24) is 10.6 Å². The zero-order chi connectivity index (χ0) is 27.8. The summed E-state index contributed by atoms with van der Waals surface area (Å²) in [5.74, 6) is -4.46. The maximum Gasteiger partial charge on any atom is 0.305 e. The number of ketones is 1. The summed E-state index contributed by atoms with van der Waals surface area (Å²) in [6.45, 7) is 0.305. The number of rotatable bonds is 10. The molecule has 3 N–H and O–H groups in total. The maximum absolute atomic E-state index is 13.7. The quantitative estimate of drug-likeness (QED) is 0.295. The predicted octanol–water partition coefficient (Wildman–Crippen LogP) is 0.302. The minimum atomic E-state index is -1.32. The van der Waals surface area contributed by atoms with E-state index >= 15 is 0 Å². The fourth-order valence-electron chi connectivity index (χ4n) is 3.95. The first kappa shape index (κ1) is 27.7. The number of para-hydroxylation sites is 2. The molecule has 0 aliphatic carbocycles. The molecule has 4 amide bonds. The van der Waals surface area contributed by atoms with Crippen molar-refractivity contribution >= 4 is 53.0 Å². The first-order chi connectivity index (χ1) is 18.1. The number of nitrogens with zero attached hydrogens (tertiary/aromatic N) is 2. The summed E-state index contributed by atoms with van der Waals surface area (Å²) in [5, 5.41) is 13.8. The number of carboxylic acids is 1. The number of benzene rings is 2. The van der Waals surface area contributed by atoms with Crippen molar-refractivity contribution in [2.45, 2.75) is 31.8 Å². The largest absolute Gasteiger partial charge is 0.481 e. The molecule has 1 heterocycles. The van der Waals surface area contributed by atoms with E-state index in [1.807, 2.05) is 0 Å². The molecule has 0 fully saturated rings. The average molecular weight is 523 g/mol. The highest BCUT2D eigenvalue weighted by atomic mass is 16.4. The molecule has 0 saturated carbocycles. The van der Waals surface area contributed by atoms with E-state index in [1.54, 1.807) is 30.3 Å². The summed E-state index contributed by atoms with van der Waals surface area (Å²) in [6, 6.07) is 11.6. The molecule has 2 aromatic rings. The molecule has 0 bridgehead atoms. The van der Waals surface area contributed by atoms with E-state index in [9.17, 15) is 33.6 Å². The predicted molar refractivity (Wildman–Crippen MR) is 134 cm³/mol. The fourth-order valence-corrected chi connectivity index (χ4v) is 3.95. The van der Waals surface area contributed by atoms with Gasteiger partial charge in [-0.05, 0) is 31.2 Å². The van der Waals surface area contributed by atoms with Crippen LogP contribution in [0.5, 0.6) is 0 Å². The summed E-state index contributed by atoms with van der Waals surface area (Å²) in [4.78, 5) is 88.6. The summed E-state index contributed by atoms with van der Waals surface area (Å²) in [7, 11) is 0. The lowest BCUT2D eigenvalue weighted by atomic mass is 10.1. The van der Waals surface area contributed by atoms with E-state index in [0.717, 1.165) is 4.90 Å². The number of hydrogen-bond acceptors (Lipinski definition) is 7. The van der Waals surface area contributed by atoms with Crippen molar-refractivity contribution in [3.05, 3.63) is 60.2 Å². The molecule has 2 atom stereocenters. The van der Waals surface area contributed by atoms with Gasteiger partial charge in [0.25, 0.3) is 11.8 Å². The molecule has 2 aromatic carbocycles. The van der Waals surface area contributed by atoms with Crippen molar-refractivity contribution in [2.24, 2.45) is 0 Å². The molecule has 0 spiro atoms. The molecule has 0 radical (unpaired) electrons. The van der Waals surface area contributed by atoms with E-state index in [-0.39, 0.29) is 29.8 Å². The van der Waals surface area contributed by atoms with Gasteiger partial charge >= 0.3 is 5.97 Å². The Labute approximate surface area is 217 Å². The number of aliphatic carboxylic acids is 1. The van der Waals surface area contributed by atoms with Gasteiger partial charge in [-0.25, -0.2) is 0 Å². The summed E-state index contributed by atoms with van der Waals surface area (Å²) in [6.07, 6.45) is -0.823. The molecule has 0 unspecified atom stereocenters. The minimum Gasteiger partial charge on any atom is -0.481 e. The third-order valence-corrected chi connectivity index (χ3v) is 5.64. The van der Waals surface area contributed by atoms with Gasteiger partial charge < -0.3 is 25.4 Å². The number of aldehydes is 1. The van der Waals surface area contributed by atoms with Gasteiger partial charge in [0.2, 0.25) is 11.8 Å². The fraction of sp³-hybridized carbons (Fsp3) is 0.269. The van der Waals surface area contributed by atoms with Gasteiger partial charge in [-0.1, -0.05) is 30.3 Å². The van der Waals surface area contributed by atoms with Crippen LogP contribution in [0.15, 0.2) is 54.6 Å². The zero-order valence-electron chi connectivity index (χ0n) is 20.5. The second kappa shape index (κ2) is 12.4. The van der Waals surface area contributed by atoms with Crippen LogP contribution >= 0.6 is 0 Å². The highest BCUT2D eigenvalue weighted by molar-refractivity contribution is 6.13. The zero-order valence-corrected chi connectivity index (χ0v) is 20.5. The van der Waals surface area contributed by atoms with Gasteiger partial charge in [0.15, 0.2) is 0 Å². The number of carboxylic acid groups (broad SMARTS) is 1. The van der Waals surface area contributed by atoms with Gasteiger partial charge in [0.05, 0.1) is 36.8 Å². The SMILES string of the molecule is CC(=O)CC(=O)N1C[C@H](NC(=O)c2ccccc2)C(=O)N(CC(=O)N[C@H](C=O)CC(=O)O)c2ccccc21. The van der Waals surface area contributed by atoms with Crippen LogP contribution in [0.3, 0.4) is 0 Å². The van der Waals surface area contributed by atoms with Crippen LogP contribution in [-0.4, -0.2) is 71.9 Å². The van der Waals surface area contributed by atoms with Gasteiger partial charge in [-0.15, -0.1) is 0 Å². The Kier molecular flexibility index (Phi) is 9.04. The van der Waals surface area contributed by atoms with Crippen molar-refractivity contribution in [2.75, 3.05) is 22.9 Å². The molecule has 12 nitrogen and oxygen atoms in total. The van der Waals surface area contributed by atoms with Crippen LogP contribution in [0.4, 0.5) is 11.4 Å². The van der Waals surface area contributed by atoms with Crippen molar-refractivity contribution < 1.29 is 38.7 Å². The molecular weight excluding hydrogens is 496 g/mol. The molecule has 12 heteroatoms. The van der Waals surface area contributed by atoms with Crippen molar-refractivity contribution in [3.8, 4) is 0 Å². The monoisotopic (exact) mass is 522 g/mol. The number of carbonyl (C=O) groups is 7. The van der Waals surface area contributed by atoms with Crippen LogP contribution < -0.4 is 20.4 Å². The third kappa shape index (κ3) is 6.87. The Hall–Kier alpha value is -4.87. The maximum atomic E-state index is 13.7. The van der Waals surface area contributed by atoms with Crippen molar-refractivity contribution in [3.63, 3.8) is 0 Å². The second-order valence-electron chi connectivity index (χ2n) is 8.60. The number of amides is 4. The summed E-state index contributed by atoms with van der Waals surface area (Å²) >= 11 is 0. The lowest BCUT2D eigenvalue weighted by Gasteiger charge is -2.25. The van der Waals surface area contributed by atoms with E-state index in [1.165, 1.54) is 36.1 Å². The summed E-state index contributed by atoms with van der Waals surface area (Å²) < 4.78 is 0. The third-order valence-electron chi connectivity index (χ3n) is 5.64. The lowest BCUT2D eigenvalue weighted by molar-refractivity contribution is -0.139. The van der Waals surface area contributed by atoms with Gasteiger partial charge in [0, 0.05) is 5.56 Å². The number of carbonyl (C=O) groups excluding carboxylic acids is 6. The molecule has 198 valence electrons. The van der Waals surface area contributed by atoms with Gasteiger partial charge in [-0.2, -0.15) is 0 Å². The van der Waals surface area contributed by atoms with E-state index in [4.69, 9.17) is 5.11 Å². The molecule has 0 aromatic heterocycles. The minimum absolute atomic E-state index is 0.155. The molecule has 0 saturated heterocycles. The molecule has 1 aliphatic rings. The van der Waals surface area contributed by atoms with E-state index < -0.39 is 66.9 Å². The van der Waals surface area contributed by atoms with Crippen LogP contribution in [0.25, 0.3) is 0 Å². The number of fused-ring (bicyclic) bond motifs is 1. The van der Waals surface area contributed by atoms with E-state index in [2.05, 4.69) is 10.6 Å². The highest BCUT2D eigenvalue weighted by Gasteiger charge is 2.38. The Bertz CT molecular complexity index is 1260. The Morgan fingerprint density at radius 3 is 2.26 bits per heavy atom. The Morgan fingerprint density at radius 1 is 1.03 bits per heavy atom. The summed E-state index contributed by atoms with van der Waals surface area (Å²) in [5.41, 5.74) is 0.645. The van der Waals surface area contributed by atoms with Gasteiger partial charge in [-0.3, -0.25) is 33.7 Å². The molecule has 3 rings (SSSR count). The second-order valence-corrected chi connectivity index (χ2v) is 8.60. The van der Waals surface area contributed by atoms with Crippen LogP contribution in [0.1, 0.15) is 30.1 Å². The standard InChI is InChI=1S/C26H26N4O8/c1-16(32)11-23(34)29-13-19(28-25(37)17-7-3-2-4-8-17)26(38)30(21-10-6-5-9-20(21)29)14-22(33)27-18(15-31)12-24(35)36/h2-10,15,18-19H,11-14H2,1H3,(H,27,33)(H,28,37)(H,35,36)/t18-,19-/m0/s1.